The molecule has 26 heavy (non-hydrogen) atoms. The minimum atomic E-state index is -0.505. The van der Waals surface area contributed by atoms with Crippen molar-refractivity contribution in [1.29, 1.82) is 0 Å². The smallest absolute Gasteiger partial charge is 0.340 e. The summed E-state index contributed by atoms with van der Waals surface area (Å²) in [6.07, 6.45) is 0. The minimum Gasteiger partial charge on any atom is -0.493 e. The SMILES string of the molecule is COC(=O)c1cc(OC)c(OC)cc1NC(=S)NCc1ccc(C)cc1. The van der Waals surface area contributed by atoms with Gasteiger partial charge in [-0.3, -0.25) is 0 Å². The van der Waals surface area contributed by atoms with E-state index < -0.39 is 5.97 Å². The fraction of sp³-hybridized carbons (Fsp3) is 0.263. The third-order valence-corrected chi connectivity index (χ3v) is 4.00. The van der Waals surface area contributed by atoms with E-state index in [1.54, 1.807) is 12.1 Å². The summed E-state index contributed by atoms with van der Waals surface area (Å²) in [5, 5.41) is 6.51. The molecule has 0 bridgehead atoms. The molecule has 0 unspecified atom stereocenters. The molecule has 0 saturated heterocycles. The number of hydrogen-bond donors (Lipinski definition) is 2. The highest BCUT2D eigenvalue weighted by molar-refractivity contribution is 7.80. The maximum Gasteiger partial charge on any atom is 0.340 e. The van der Waals surface area contributed by atoms with Gasteiger partial charge in [0, 0.05) is 18.7 Å². The molecule has 0 aliphatic rings. The van der Waals surface area contributed by atoms with E-state index >= 15 is 0 Å². The molecule has 138 valence electrons. The van der Waals surface area contributed by atoms with Gasteiger partial charge in [0.25, 0.3) is 0 Å². The molecule has 0 amide bonds. The van der Waals surface area contributed by atoms with E-state index in [4.69, 9.17) is 26.4 Å². The Morgan fingerprint density at radius 3 is 2.23 bits per heavy atom. The van der Waals surface area contributed by atoms with Crippen LogP contribution in [0.15, 0.2) is 36.4 Å². The first-order valence-electron chi connectivity index (χ1n) is 7.93. The lowest BCUT2D eigenvalue weighted by Gasteiger charge is -2.16. The Morgan fingerprint density at radius 2 is 1.65 bits per heavy atom. The van der Waals surface area contributed by atoms with Crippen molar-refractivity contribution in [2.45, 2.75) is 13.5 Å². The van der Waals surface area contributed by atoms with Crippen LogP contribution in [0.25, 0.3) is 0 Å². The lowest BCUT2D eigenvalue weighted by Crippen LogP contribution is -2.28. The van der Waals surface area contributed by atoms with Crippen LogP contribution in [0.1, 0.15) is 21.5 Å². The molecule has 0 saturated carbocycles. The summed E-state index contributed by atoms with van der Waals surface area (Å²) >= 11 is 5.34. The molecule has 0 aliphatic heterocycles. The number of rotatable bonds is 6. The number of thiocarbonyl (C=S) groups is 1. The van der Waals surface area contributed by atoms with Crippen molar-refractivity contribution < 1.29 is 19.0 Å². The Balaban J connectivity index is 2.16. The van der Waals surface area contributed by atoms with E-state index in [0.717, 1.165) is 5.56 Å². The Bertz CT molecular complexity index is 791. The summed E-state index contributed by atoms with van der Waals surface area (Å²) in [5.74, 6) is 0.399. The summed E-state index contributed by atoms with van der Waals surface area (Å²) in [5.41, 5.74) is 3.06. The predicted molar refractivity (Wildman–Crippen MR) is 105 cm³/mol. The quantitative estimate of drug-likeness (QED) is 0.594. The number of anilines is 1. The van der Waals surface area contributed by atoms with Gasteiger partial charge in [0.2, 0.25) is 0 Å². The van der Waals surface area contributed by atoms with Gasteiger partial charge in [-0.1, -0.05) is 29.8 Å². The molecule has 2 rings (SSSR count). The highest BCUT2D eigenvalue weighted by atomic mass is 32.1. The molecule has 2 aromatic rings. The number of carbonyl (C=O) groups excluding carboxylic acids is 1. The topological polar surface area (TPSA) is 68.8 Å². The van der Waals surface area contributed by atoms with E-state index in [9.17, 15) is 4.79 Å². The van der Waals surface area contributed by atoms with Crippen LogP contribution in [0.4, 0.5) is 5.69 Å². The van der Waals surface area contributed by atoms with Crippen LogP contribution in [0.2, 0.25) is 0 Å². The molecule has 6 nitrogen and oxygen atoms in total. The van der Waals surface area contributed by atoms with Crippen molar-refractivity contribution >= 4 is 29.0 Å². The van der Waals surface area contributed by atoms with Crippen LogP contribution < -0.4 is 20.1 Å². The monoisotopic (exact) mass is 374 g/mol. The largest absolute Gasteiger partial charge is 0.493 e. The van der Waals surface area contributed by atoms with Crippen LogP contribution >= 0.6 is 12.2 Å². The molecular weight excluding hydrogens is 352 g/mol. The highest BCUT2D eigenvalue weighted by Gasteiger charge is 2.18. The lowest BCUT2D eigenvalue weighted by atomic mass is 10.1. The molecule has 0 radical (unpaired) electrons. The Kier molecular flexibility index (Phi) is 6.80. The van der Waals surface area contributed by atoms with Crippen molar-refractivity contribution in [2.24, 2.45) is 0 Å². The van der Waals surface area contributed by atoms with Gasteiger partial charge in [-0.15, -0.1) is 0 Å². The van der Waals surface area contributed by atoms with E-state index in [2.05, 4.69) is 10.6 Å². The summed E-state index contributed by atoms with van der Waals surface area (Å²) < 4.78 is 15.4. The second-order valence-electron chi connectivity index (χ2n) is 5.54. The molecule has 0 spiro atoms. The number of nitrogens with one attached hydrogen (secondary N) is 2. The predicted octanol–water partition coefficient (Wildman–Crippen LogP) is 3.29. The first kappa shape index (κ1) is 19.5. The van der Waals surface area contributed by atoms with E-state index in [1.165, 1.54) is 26.9 Å². The summed E-state index contributed by atoms with van der Waals surface area (Å²) in [6.45, 7) is 2.60. The molecule has 0 heterocycles. The van der Waals surface area contributed by atoms with Gasteiger partial charge in [0.15, 0.2) is 16.6 Å². The number of benzene rings is 2. The van der Waals surface area contributed by atoms with E-state index in [0.29, 0.717) is 34.4 Å². The van der Waals surface area contributed by atoms with Gasteiger partial charge in [-0.2, -0.15) is 0 Å². The van der Waals surface area contributed by atoms with Crippen molar-refractivity contribution in [3.63, 3.8) is 0 Å². The molecule has 0 aliphatic carbocycles. The van der Waals surface area contributed by atoms with Crippen molar-refractivity contribution in [3.8, 4) is 11.5 Å². The van der Waals surface area contributed by atoms with Crippen LogP contribution in [-0.4, -0.2) is 32.4 Å². The van der Waals surface area contributed by atoms with Gasteiger partial charge in [-0.25, -0.2) is 4.79 Å². The maximum absolute atomic E-state index is 12.1. The average molecular weight is 374 g/mol. The minimum absolute atomic E-state index is 0.296. The van der Waals surface area contributed by atoms with Gasteiger partial charge in [-0.05, 0) is 24.7 Å². The molecular formula is C19H22N2O4S. The van der Waals surface area contributed by atoms with Crippen LogP contribution in [0.5, 0.6) is 11.5 Å². The first-order valence-corrected chi connectivity index (χ1v) is 8.34. The molecule has 2 N–H and O–H groups in total. The van der Waals surface area contributed by atoms with Gasteiger partial charge in [0.1, 0.15) is 0 Å². The third kappa shape index (κ3) is 4.86. The fourth-order valence-corrected chi connectivity index (χ4v) is 2.50. The number of aryl methyl sites for hydroxylation is 1. The van der Waals surface area contributed by atoms with Crippen LogP contribution in [0, 0.1) is 6.92 Å². The van der Waals surface area contributed by atoms with E-state index in [-0.39, 0.29) is 0 Å². The normalized spacial score (nSPS) is 10.0. The Labute approximate surface area is 158 Å². The average Bonchev–Trinajstić information content (AvgIpc) is 2.66. The van der Waals surface area contributed by atoms with Crippen molar-refractivity contribution in [1.82, 2.24) is 5.32 Å². The number of ether oxygens (including phenoxy) is 3. The van der Waals surface area contributed by atoms with Gasteiger partial charge < -0.3 is 24.8 Å². The first-order chi connectivity index (χ1) is 12.5. The van der Waals surface area contributed by atoms with Gasteiger partial charge in [0.05, 0.1) is 32.6 Å². The molecule has 7 heteroatoms. The number of carbonyl (C=O) groups is 1. The summed E-state index contributed by atoms with van der Waals surface area (Å²) in [4.78, 5) is 12.1. The number of methoxy groups -OCH3 is 3. The maximum atomic E-state index is 12.1. The molecule has 0 atom stereocenters. The van der Waals surface area contributed by atoms with Gasteiger partial charge >= 0.3 is 5.97 Å². The third-order valence-electron chi connectivity index (χ3n) is 3.75. The molecule has 0 fully saturated rings. The number of hydrogen-bond acceptors (Lipinski definition) is 5. The zero-order chi connectivity index (χ0) is 19.1. The van der Waals surface area contributed by atoms with Crippen LogP contribution in [0.3, 0.4) is 0 Å². The van der Waals surface area contributed by atoms with Crippen molar-refractivity contribution in [3.05, 3.63) is 53.1 Å². The fourth-order valence-electron chi connectivity index (χ4n) is 2.32. The number of esters is 1. The summed E-state index contributed by atoms with van der Waals surface area (Å²) in [7, 11) is 4.34. The van der Waals surface area contributed by atoms with Crippen molar-refractivity contribution in [2.75, 3.05) is 26.6 Å². The Morgan fingerprint density at radius 1 is 1.04 bits per heavy atom. The summed E-state index contributed by atoms with van der Waals surface area (Å²) in [6, 6.07) is 11.3. The standard InChI is InChI=1S/C19H22N2O4S/c1-12-5-7-13(8-6-12)11-20-19(26)21-15-10-17(24-3)16(23-2)9-14(15)18(22)25-4/h5-10H,11H2,1-4H3,(H2,20,21,26). The zero-order valence-electron chi connectivity index (χ0n) is 15.2. The Hall–Kier alpha value is -2.80. The highest BCUT2D eigenvalue weighted by Crippen LogP contribution is 2.33. The van der Waals surface area contributed by atoms with E-state index in [1.807, 2.05) is 31.2 Å². The van der Waals surface area contributed by atoms with Crippen LogP contribution in [-0.2, 0) is 11.3 Å². The lowest BCUT2D eigenvalue weighted by molar-refractivity contribution is 0.0601. The second-order valence-corrected chi connectivity index (χ2v) is 5.95. The molecule has 0 aromatic heterocycles. The second kappa shape index (κ2) is 9.05. The zero-order valence-corrected chi connectivity index (χ0v) is 16.0. The molecule has 2 aromatic carbocycles.